The maximum Gasteiger partial charge on any atom is 0.240 e. The molecule has 3 N–H and O–H groups in total. The fourth-order valence-corrected chi connectivity index (χ4v) is 5.34. The summed E-state index contributed by atoms with van der Waals surface area (Å²) in [6.45, 7) is 1.93. The van der Waals surface area contributed by atoms with Gasteiger partial charge in [0, 0.05) is 6.04 Å². The van der Waals surface area contributed by atoms with Crippen LogP contribution in [0.15, 0.2) is 0 Å². The fraction of sp³-hybridized carbons (Fsp3) is 0.938. The van der Waals surface area contributed by atoms with E-state index in [2.05, 4.69) is 5.32 Å². The maximum absolute atomic E-state index is 12.5. The third-order valence-electron chi connectivity index (χ3n) is 6.44. The molecule has 0 radical (unpaired) electrons. The molecule has 5 fully saturated rings. The van der Waals surface area contributed by atoms with Crippen LogP contribution in [0.25, 0.3) is 0 Å². The number of rotatable bonds is 3. The molecule has 0 aromatic heterocycles. The Bertz CT molecular complexity index is 372. The maximum atomic E-state index is 12.5. The van der Waals surface area contributed by atoms with Crippen molar-refractivity contribution in [1.82, 2.24) is 5.32 Å². The summed E-state index contributed by atoms with van der Waals surface area (Å²) < 4.78 is 0. The third kappa shape index (κ3) is 1.93. The lowest BCUT2D eigenvalue weighted by atomic mass is 9.54. The number of hydrogen-bond donors (Lipinski definition) is 2. The minimum absolute atomic E-state index is 0.118. The van der Waals surface area contributed by atoms with Crippen molar-refractivity contribution < 1.29 is 4.79 Å². The van der Waals surface area contributed by atoms with E-state index < -0.39 is 5.54 Å². The van der Waals surface area contributed by atoms with Gasteiger partial charge in [-0.2, -0.15) is 0 Å². The van der Waals surface area contributed by atoms with E-state index in [9.17, 15) is 4.79 Å². The van der Waals surface area contributed by atoms with Crippen LogP contribution >= 0.6 is 0 Å². The van der Waals surface area contributed by atoms with E-state index >= 15 is 0 Å². The Kier molecular flexibility index (Phi) is 2.55. The average molecular weight is 262 g/mol. The zero-order valence-electron chi connectivity index (χ0n) is 11.9. The zero-order valence-corrected chi connectivity index (χ0v) is 11.9. The van der Waals surface area contributed by atoms with Crippen LogP contribution in [-0.2, 0) is 4.79 Å². The van der Waals surface area contributed by atoms with Gasteiger partial charge in [-0.3, -0.25) is 4.79 Å². The number of hydrogen-bond acceptors (Lipinski definition) is 2. The van der Waals surface area contributed by atoms with E-state index in [1.54, 1.807) is 0 Å². The summed E-state index contributed by atoms with van der Waals surface area (Å²) in [5.41, 5.74) is 5.63. The van der Waals surface area contributed by atoms with E-state index in [1.807, 2.05) is 6.92 Å². The number of amides is 1. The van der Waals surface area contributed by atoms with Gasteiger partial charge in [0.15, 0.2) is 0 Å². The molecule has 5 rings (SSSR count). The van der Waals surface area contributed by atoms with Crippen molar-refractivity contribution in [3.63, 3.8) is 0 Å². The molecule has 5 saturated carbocycles. The van der Waals surface area contributed by atoms with Crippen LogP contribution in [0.4, 0.5) is 0 Å². The van der Waals surface area contributed by atoms with Crippen LogP contribution < -0.4 is 11.1 Å². The summed E-state index contributed by atoms with van der Waals surface area (Å²) in [6.07, 6.45) is 9.12. The highest BCUT2D eigenvalue weighted by Crippen LogP contribution is 2.53. The Hall–Kier alpha value is -0.570. The minimum Gasteiger partial charge on any atom is -0.351 e. The molecule has 4 bridgehead atoms. The number of carbonyl (C=O) groups is 1. The first kappa shape index (κ1) is 12.2. The first-order valence-corrected chi connectivity index (χ1v) is 8.14. The summed E-state index contributed by atoms with van der Waals surface area (Å²) in [5.74, 6) is 3.95. The highest BCUT2D eigenvalue weighted by molar-refractivity contribution is 5.86. The molecule has 106 valence electrons. The molecule has 1 atom stereocenters. The van der Waals surface area contributed by atoms with Crippen molar-refractivity contribution in [3.05, 3.63) is 0 Å². The lowest BCUT2D eigenvalue weighted by Gasteiger charge is -2.54. The second kappa shape index (κ2) is 3.97. The van der Waals surface area contributed by atoms with Crippen LogP contribution in [0.1, 0.15) is 51.9 Å². The second-order valence-corrected chi connectivity index (χ2v) is 7.99. The van der Waals surface area contributed by atoms with Gasteiger partial charge >= 0.3 is 0 Å². The van der Waals surface area contributed by atoms with E-state index in [4.69, 9.17) is 5.73 Å². The van der Waals surface area contributed by atoms with Crippen LogP contribution in [0, 0.1) is 29.6 Å². The Morgan fingerprint density at radius 2 is 1.58 bits per heavy atom. The standard InChI is InChI=1S/C16H26N2O/c1-16(17,13-2-3-13)15(19)18-14-11-5-9-4-10(7-11)8-12(14)6-9/h9-14H,2-8,17H2,1H3,(H,18,19). The molecule has 0 aliphatic heterocycles. The van der Waals surface area contributed by atoms with E-state index in [0.29, 0.717) is 12.0 Å². The highest BCUT2D eigenvalue weighted by Gasteiger charge is 2.51. The molecule has 1 unspecified atom stereocenters. The molecule has 0 aromatic carbocycles. The Morgan fingerprint density at radius 1 is 1.05 bits per heavy atom. The van der Waals surface area contributed by atoms with Gasteiger partial charge in [0.2, 0.25) is 5.91 Å². The van der Waals surface area contributed by atoms with E-state index in [0.717, 1.165) is 36.5 Å². The molecule has 5 aliphatic carbocycles. The fourth-order valence-electron chi connectivity index (χ4n) is 5.34. The molecule has 0 spiro atoms. The predicted octanol–water partition coefficient (Wildman–Crippen LogP) is 2.05. The lowest BCUT2D eigenvalue weighted by molar-refractivity contribution is -0.130. The number of nitrogens with one attached hydrogen (secondary N) is 1. The normalized spacial score (nSPS) is 46.9. The third-order valence-corrected chi connectivity index (χ3v) is 6.44. The molecule has 0 heterocycles. The topological polar surface area (TPSA) is 55.1 Å². The van der Waals surface area contributed by atoms with Gasteiger partial charge in [0.1, 0.15) is 0 Å². The largest absolute Gasteiger partial charge is 0.351 e. The zero-order chi connectivity index (χ0) is 13.2. The Balaban J connectivity index is 1.47. The van der Waals surface area contributed by atoms with Crippen molar-refractivity contribution >= 4 is 5.91 Å². The van der Waals surface area contributed by atoms with Crippen LogP contribution in [0.5, 0.6) is 0 Å². The molecule has 1 amide bonds. The minimum atomic E-state index is -0.630. The smallest absolute Gasteiger partial charge is 0.240 e. The SMILES string of the molecule is CC(N)(C(=O)NC1C2CC3CC(C2)CC1C3)C1CC1. The molecular formula is C16H26N2O. The van der Waals surface area contributed by atoms with E-state index in [1.165, 1.54) is 32.1 Å². The van der Waals surface area contributed by atoms with Crippen molar-refractivity contribution in [2.45, 2.75) is 63.5 Å². The van der Waals surface area contributed by atoms with Gasteiger partial charge in [-0.25, -0.2) is 0 Å². The average Bonchev–Trinajstić information content (AvgIpc) is 3.16. The first-order valence-electron chi connectivity index (χ1n) is 8.14. The monoisotopic (exact) mass is 262 g/mol. The van der Waals surface area contributed by atoms with Gasteiger partial charge in [-0.1, -0.05) is 0 Å². The van der Waals surface area contributed by atoms with Gasteiger partial charge in [0.25, 0.3) is 0 Å². The predicted molar refractivity (Wildman–Crippen MR) is 74.3 cm³/mol. The molecule has 0 aromatic rings. The van der Waals surface area contributed by atoms with Crippen molar-refractivity contribution in [2.24, 2.45) is 35.3 Å². The summed E-state index contributed by atoms with van der Waals surface area (Å²) in [5, 5.41) is 3.36. The van der Waals surface area contributed by atoms with Gasteiger partial charge in [-0.15, -0.1) is 0 Å². The summed E-state index contributed by atoms with van der Waals surface area (Å²) in [6, 6.07) is 0.432. The molecular weight excluding hydrogens is 236 g/mol. The second-order valence-electron chi connectivity index (χ2n) is 7.99. The van der Waals surface area contributed by atoms with Crippen LogP contribution in [0.3, 0.4) is 0 Å². The van der Waals surface area contributed by atoms with Gasteiger partial charge in [-0.05, 0) is 81.5 Å². The summed E-state index contributed by atoms with van der Waals surface area (Å²) >= 11 is 0. The molecule has 3 heteroatoms. The molecule has 3 nitrogen and oxygen atoms in total. The molecule has 5 aliphatic rings. The van der Waals surface area contributed by atoms with Crippen molar-refractivity contribution in [1.29, 1.82) is 0 Å². The van der Waals surface area contributed by atoms with E-state index in [-0.39, 0.29) is 5.91 Å². The van der Waals surface area contributed by atoms with Crippen LogP contribution in [0.2, 0.25) is 0 Å². The Labute approximate surface area is 115 Å². The van der Waals surface area contributed by atoms with Crippen molar-refractivity contribution in [3.8, 4) is 0 Å². The van der Waals surface area contributed by atoms with Crippen molar-refractivity contribution in [2.75, 3.05) is 0 Å². The summed E-state index contributed by atoms with van der Waals surface area (Å²) in [4.78, 5) is 12.5. The summed E-state index contributed by atoms with van der Waals surface area (Å²) in [7, 11) is 0. The lowest BCUT2D eigenvalue weighted by Crippen LogP contribution is -2.61. The van der Waals surface area contributed by atoms with Gasteiger partial charge < -0.3 is 11.1 Å². The highest BCUT2D eigenvalue weighted by atomic mass is 16.2. The first-order chi connectivity index (χ1) is 9.04. The quantitative estimate of drug-likeness (QED) is 0.818. The van der Waals surface area contributed by atoms with Crippen LogP contribution in [-0.4, -0.2) is 17.5 Å². The molecule has 19 heavy (non-hydrogen) atoms. The van der Waals surface area contributed by atoms with Gasteiger partial charge in [0.05, 0.1) is 5.54 Å². The number of carbonyl (C=O) groups excluding carboxylic acids is 1. The Morgan fingerprint density at radius 3 is 2.05 bits per heavy atom. The number of nitrogens with two attached hydrogens (primary N) is 1. The molecule has 0 saturated heterocycles.